The molecule has 1 aromatic heterocycles. The van der Waals surface area contributed by atoms with E-state index in [-0.39, 0.29) is 5.91 Å². The van der Waals surface area contributed by atoms with Crippen molar-refractivity contribution in [3.8, 4) is 0 Å². The molecule has 1 amide bonds. The normalized spacial score (nSPS) is 10.3. The second-order valence-corrected chi connectivity index (χ2v) is 4.90. The van der Waals surface area contributed by atoms with Gasteiger partial charge in [0.1, 0.15) is 0 Å². The van der Waals surface area contributed by atoms with E-state index in [4.69, 9.17) is 0 Å². The van der Waals surface area contributed by atoms with Crippen LogP contribution in [0.3, 0.4) is 0 Å². The second kappa shape index (κ2) is 6.31. The number of carbonyl (C=O) groups excluding carboxylic acids is 1. The molecule has 0 aliphatic heterocycles. The summed E-state index contributed by atoms with van der Waals surface area (Å²) in [5.41, 5.74) is 3.02. The number of rotatable bonds is 5. The van der Waals surface area contributed by atoms with Crippen LogP contribution in [0.25, 0.3) is 0 Å². The Morgan fingerprint density at radius 3 is 2.61 bits per heavy atom. The van der Waals surface area contributed by atoms with Gasteiger partial charge in [0.25, 0.3) is 5.91 Å². The molecule has 0 atom stereocenters. The van der Waals surface area contributed by atoms with E-state index in [9.17, 15) is 4.79 Å². The van der Waals surface area contributed by atoms with Gasteiger partial charge in [-0.3, -0.25) is 4.79 Å². The number of thioether (sulfide) groups is 1. The smallest absolute Gasteiger partial charge is 0.251 e. The van der Waals surface area contributed by atoms with Crippen molar-refractivity contribution in [1.82, 2.24) is 10.3 Å². The predicted octanol–water partition coefficient (Wildman–Crippen LogP) is 2.81. The van der Waals surface area contributed by atoms with Crippen LogP contribution in [0.15, 0.2) is 42.7 Å². The summed E-state index contributed by atoms with van der Waals surface area (Å²) in [6.07, 6.45) is 5.79. The highest BCUT2D eigenvalue weighted by Gasteiger charge is 2.05. The zero-order valence-electron chi connectivity index (χ0n) is 10.3. The average Bonchev–Trinajstić information content (AvgIpc) is 2.90. The van der Waals surface area contributed by atoms with Gasteiger partial charge >= 0.3 is 0 Å². The summed E-state index contributed by atoms with van der Waals surface area (Å²) in [6, 6.07) is 9.70. The number of hydrogen-bond donors (Lipinski definition) is 2. The standard InChI is InChI=1S/C14H16N2OS/c1-18-10-11-2-4-13(5-3-11)14(17)16-9-12-6-7-15-8-12/h2-8,15H,9-10H2,1H3,(H,16,17). The van der Waals surface area contributed by atoms with Crippen LogP contribution < -0.4 is 5.32 Å². The van der Waals surface area contributed by atoms with Crippen molar-refractivity contribution in [3.63, 3.8) is 0 Å². The molecule has 0 aliphatic carbocycles. The highest BCUT2D eigenvalue weighted by atomic mass is 32.2. The molecular formula is C14H16N2OS. The van der Waals surface area contributed by atoms with Gasteiger partial charge in [0, 0.05) is 30.3 Å². The zero-order chi connectivity index (χ0) is 12.8. The first-order valence-electron chi connectivity index (χ1n) is 5.77. The zero-order valence-corrected chi connectivity index (χ0v) is 11.1. The second-order valence-electron chi connectivity index (χ2n) is 4.03. The average molecular weight is 260 g/mol. The molecule has 0 radical (unpaired) electrons. The fourth-order valence-corrected chi connectivity index (χ4v) is 2.20. The highest BCUT2D eigenvalue weighted by molar-refractivity contribution is 7.97. The lowest BCUT2D eigenvalue weighted by Crippen LogP contribution is -2.22. The third kappa shape index (κ3) is 3.40. The van der Waals surface area contributed by atoms with Gasteiger partial charge < -0.3 is 10.3 Å². The number of H-pyrrole nitrogens is 1. The van der Waals surface area contributed by atoms with Gasteiger partial charge in [0.15, 0.2) is 0 Å². The molecule has 3 nitrogen and oxygen atoms in total. The summed E-state index contributed by atoms with van der Waals surface area (Å²) in [4.78, 5) is 14.8. The molecular weight excluding hydrogens is 244 g/mol. The van der Waals surface area contributed by atoms with Gasteiger partial charge in [-0.2, -0.15) is 11.8 Å². The Morgan fingerprint density at radius 1 is 1.22 bits per heavy atom. The Hall–Kier alpha value is -1.68. The Bertz CT molecular complexity index is 491. The monoisotopic (exact) mass is 260 g/mol. The van der Waals surface area contributed by atoms with Crippen molar-refractivity contribution < 1.29 is 4.79 Å². The lowest BCUT2D eigenvalue weighted by molar-refractivity contribution is 0.0951. The number of hydrogen-bond acceptors (Lipinski definition) is 2. The Kier molecular flexibility index (Phi) is 4.47. The van der Waals surface area contributed by atoms with Gasteiger partial charge in [-0.1, -0.05) is 12.1 Å². The summed E-state index contributed by atoms with van der Waals surface area (Å²) < 4.78 is 0. The number of nitrogens with one attached hydrogen (secondary N) is 2. The third-order valence-corrected chi connectivity index (χ3v) is 3.26. The summed E-state index contributed by atoms with van der Waals surface area (Å²) in [5, 5.41) is 2.89. The van der Waals surface area contributed by atoms with Crippen molar-refractivity contribution in [1.29, 1.82) is 0 Å². The van der Waals surface area contributed by atoms with Crippen molar-refractivity contribution >= 4 is 17.7 Å². The van der Waals surface area contributed by atoms with Crippen LogP contribution in [0, 0.1) is 0 Å². The maximum atomic E-state index is 11.9. The quantitative estimate of drug-likeness (QED) is 0.868. The maximum Gasteiger partial charge on any atom is 0.251 e. The number of benzene rings is 1. The van der Waals surface area contributed by atoms with Crippen LogP contribution in [0.1, 0.15) is 21.5 Å². The Labute approximate surface area is 111 Å². The minimum atomic E-state index is -0.0353. The minimum absolute atomic E-state index is 0.0353. The summed E-state index contributed by atoms with van der Waals surface area (Å²) in [6.45, 7) is 0.550. The molecule has 0 bridgehead atoms. The lowest BCUT2D eigenvalue weighted by Gasteiger charge is -2.05. The van der Waals surface area contributed by atoms with E-state index >= 15 is 0 Å². The van der Waals surface area contributed by atoms with Crippen LogP contribution in [0.4, 0.5) is 0 Å². The molecule has 0 spiro atoms. The molecule has 2 N–H and O–H groups in total. The number of amides is 1. The van der Waals surface area contributed by atoms with E-state index < -0.39 is 0 Å². The predicted molar refractivity (Wildman–Crippen MR) is 75.6 cm³/mol. The third-order valence-electron chi connectivity index (χ3n) is 2.64. The highest BCUT2D eigenvalue weighted by Crippen LogP contribution is 2.10. The molecule has 1 heterocycles. The molecule has 0 fully saturated rings. The molecule has 0 unspecified atom stereocenters. The van der Waals surface area contributed by atoms with E-state index in [1.54, 1.807) is 11.8 Å². The fourth-order valence-electron chi connectivity index (χ4n) is 1.67. The summed E-state index contributed by atoms with van der Waals surface area (Å²) >= 11 is 1.77. The van der Waals surface area contributed by atoms with Crippen LogP contribution >= 0.6 is 11.8 Å². The van der Waals surface area contributed by atoms with Crippen molar-refractivity contribution in [2.45, 2.75) is 12.3 Å². The summed E-state index contributed by atoms with van der Waals surface area (Å²) in [7, 11) is 0. The molecule has 2 aromatic rings. The molecule has 94 valence electrons. The van der Waals surface area contributed by atoms with E-state index in [0.29, 0.717) is 12.1 Å². The molecule has 0 aliphatic rings. The minimum Gasteiger partial charge on any atom is -0.367 e. The van der Waals surface area contributed by atoms with Crippen molar-refractivity contribution in [2.75, 3.05) is 6.26 Å². The first-order chi connectivity index (χ1) is 8.79. The Morgan fingerprint density at radius 2 is 2.00 bits per heavy atom. The Balaban J connectivity index is 1.92. The number of aromatic nitrogens is 1. The topological polar surface area (TPSA) is 44.9 Å². The van der Waals surface area contributed by atoms with Crippen molar-refractivity contribution in [3.05, 3.63) is 59.4 Å². The van der Waals surface area contributed by atoms with Gasteiger partial charge in [0.05, 0.1) is 0 Å². The SMILES string of the molecule is CSCc1ccc(C(=O)NCc2cc[nH]c2)cc1. The van der Waals surface area contributed by atoms with E-state index in [2.05, 4.69) is 16.6 Å². The van der Waals surface area contributed by atoms with Crippen LogP contribution in [0.2, 0.25) is 0 Å². The molecule has 2 rings (SSSR count). The number of aromatic amines is 1. The largest absolute Gasteiger partial charge is 0.367 e. The van der Waals surface area contributed by atoms with Gasteiger partial charge in [-0.05, 0) is 35.6 Å². The van der Waals surface area contributed by atoms with Gasteiger partial charge in [-0.25, -0.2) is 0 Å². The first-order valence-corrected chi connectivity index (χ1v) is 7.16. The van der Waals surface area contributed by atoms with Crippen LogP contribution in [-0.2, 0) is 12.3 Å². The molecule has 18 heavy (non-hydrogen) atoms. The molecule has 4 heteroatoms. The van der Waals surface area contributed by atoms with Crippen LogP contribution in [-0.4, -0.2) is 17.1 Å². The van der Waals surface area contributed by atoms with E-state index in [0.717, 1.165) is 11.3 Å². The van der Waals surface area contributed by atoms with Gasteiger partial charge in [-0.15, -0.1) is 0 Å². The number of carbonyl (C=O) groups is 1. The van der Waals surface area contributed by atoms with Crippen LogP contribution in [0.5, 0.6) is 0 Å². The molecule has 1 aromatic carbocycles. The lowest BCUT2D eigenvalue weighted by atomic mass is 10.1. The molecule has 0 saturated carbocycles. The van der Waals surface area contributed by atoms with E-state index in [1.807, 2.05) is 42.7 Å². The fraction of sp³-hybridized carbons (Fsp3) is 0.214. The van der Waals surface area contributed by atoms with Gasteiger partial charge in [0.2, 0.25) is 0 Å². The first kappa shape index (κ1) is 12.8. The summed E-state index contributed by atoms with van der Waals surface area (Å²) in [5.74, 6) is 0.942. The van der Waals surface area contributed by atoms with Crippen molar-refractivity contribution in [2.24, 2.45) is 0 Å². The molecule has 0 saturated heterocycles. The van der Waals surface area contributed by atoms with E-state index in [1.165, 1.54) is 5.56 Å². The maximum absolute atomic E-state index is 11.9.